The number of pyridine rings is 1. The number of hydrogen-bond acceptors (Lipinski definition) is 6. The number of amides is 2. The first kappa shape index (κ1) is 18.7. The molecular weight excluding hydrogens is 350 g/mol. The summed E-state index contributed by atoms with van der Waals surface area (Å²) in [4.78, 5) is 27.8. The maximum absolute atomic E-state index is 12.6. The van der Waals surface area contributed by atoms with Crippen LogP contribution in [0.15, 0.2) is 42.6 Å². The Labute approximate surface area is 156 Å². The topological polar surface area (TPSA) is 113 Å². The van der Waals surface area contributed by atoms with Gasteiger partial charge in [-0.15, -0.1) is 0 Å². The third-order valence-corrected chi connectivity index (χ3v) is 4.26. The average Bonchev–Trinajstić information content (AvgIpc) is 2.69. The molecule has 27 heavy (non-hydrogen) atoms. The smallest absolute Gasteiger partial charge is 0.257 e. The van der Waals surface area contributed by atoms with Gasteiger partial charge in [0.2, 0.25) is 11.8 Å². The number of carbonyl (C=O) groups is 2. The molecule has 1 aliphatic rings. The molecule has 1 aromatic carbocycles. The maximum atomic E-state index is 12.6. The average molecular weight is 371 g/mol. The summed E-state index contributed by atoms with van der Waals surface area (Å²) in [6.07, 6.45) is 1.80. The lowest BCUT2D eigenvalue weighted by atomic mass is 10.1. The number of ether oxygens (including phenoxy) is 3. The molecule has 1 fully saturated rings. The monoisotopic (exact) mass is 371 g/mol. The van der Waals surface area contributed by atoms with Crippen LogP contribution in [0.4, 0.5) is 0 Å². The van der Waals surface area contributed by atoms with Crippen molar-refractivity contribution in [1.29, 1.82) is 0 Å². The molecule has 3 rings (SSSR count). The van der Waals surface area contributed by atoms with Crippen LogP contribution in [0.2, 0.25) is 0 Å². The van der Waals surface area contributed by atoms with Crippen LogP contribution in [-0.4, -0.2) is 49.3 Å². The highest BCUT2D eigenvalue weighted by Crippen LogP contribution is 2.20. The molecule has 1 aromatic heterocycles. The van der Waals surface area contributed by atoms with Gasteiger partial charge in [-0.25, -0.2) is 4.98 Å². The van der Waals surface area contributed by atoms with E-state index in [1.165, 1.54) is 7.11 Å². The van der Waals surface area contributed by atoms with Crippen LogP contribution in [0.1, 0.15) is 27.1 Å². The van der Waals surface area contributed by atoms with Crippen molar-refractivity contribution in [2.75, 3.05) is 20.3 Å². The van der Waals surface area contributed by atoms with Crippen molar-refractivity contribution in [1.82, 2.24) is 10.3 Å². The second-order valence-corrected chi connectivity index (χ2v) is 6.05. The van der Waals surface area contributed by atoms with Crippen molar-refractivity contribution in [2.24, 2.45) is 5.73 Å². The summed E-state index contributed by atoms with van der Waals surface area (Å²) in [5.41, 5.74) is 6.00. The summed E-state index contributed by atoms with van der Waals surface area (Å²) in [5.74, 6) is 0.0397. The van der Waals surface area contributed by atoms with Gasteiger partial charge < -0.3 is 25.3 Å². The van der Waals surface area contributed by atoms with E-state index in [9.17, 15) is 9.59 Å². The minimum Gasteiger partial charge on any atom is -0.486 e. The third kappa shape index (κ3) is 4.53. The Morgan fingerprint density at radius 2 is 2.04 bits per heavy atom. The summed E-state index contributed by atoms with van der Waals surface area (Å²) in [5, 5.41) is 2.97. The fourth-order valence-electron chi connectivity index (χ4n) is 2.84. The van der Waals surface area contributed by atoms with Crippen molar-refractivity contribution >= 4 is 11.8 Å². The van der Waals surface area contributed by atoms with E-state index >= 15 is 0 Å². The van der Waals surface area contributed by atoms with E-state index in [2.05, 4.69) is 10.3 Å². The SMILES string of the molecule is COc1ncccc1C(=O)N[C@@H]1CCOC[C@H]1Oc1ccc(C(N)=O)cc1. The Morgan fingerprint density at radius 1 is 1.26 bits per heavy atom. The Hall–Kier alpha value is -3.13. The number of aromatic nitrogens is 1. The highest BCUT2D eigenvalue weighted by molar-refractivity contribution is 5.96. The molecule has 0 saturated carbocycles. The van der Waals surface area contributed by atoms with Crippen molar-refractivity contribution < 1.29 is 23.8 Å². The van der Waals surface area contributed by atoms with Gasteiger partial charge in [-0.2, -0.15) is 0 Å². The summed E-state index contributed by atoms with van der Waals surface area (Å²) in [6.45, 7) is 0.863. The number of hydrogen-bond donors (Lipinski definition) is 2. The molecular formula is C19H21N3O5. The van der Waals surface area contributed by atoms with E-state index in [1.54, 1.807) is 42.6 Å². The molecule has 2 atom stereocenters. The van der Waals surface area contributed by atoms with E-state index in [1.807, 2.05) is 0 Å². The number of nitrogens with zero attached hydrogens (tertiary/aromatic N) is 1. The van der Waals surface area contributed by atoms with E-state index in [4.69, 9.17) is 19.9 Å². The first-order valence-corrected chi connectivity index (χ1v) is 8.52. The van der Waals surface area contributed by atoms with E-state index in [0.29, 0.717) is 36.5 Å². The molecule has 0 bridgehead atoms. The van der Waals surface area contributed by atoms with E-state index in [0.717, 1.165) is 0 Å². The van der Waals surface area contributed by atoms with Crippen molar-refractivity contribution in [3.8, 4) is 11.6 Å². The molecule has 2 amide bonds. The van der Waals surface area contributed by atoms with Crippen LogP contribution < -0.4 is 20.5 Å². The van der Waals surface area contributed by atoms with Crippen LogP contribution in [0.3, 0.4) is 0 Å². The van der Waals surface area contributed by atoms with Gasteiger partial charge in [-0.3, -0.25) is 9.59 Å². The first-order valence-electron chi connectivity index (χ1n) is 8.52. The fourth-order valence-corrected chi connectivity index (χ4v) is 2.84. The lowest BCUT2D eigenvalue weighted by Gasteiger charge is -2.32. The van der Waals surface area contributed by atoms with Gasteiger partial charge in [-0.05, 0) is 42.8 Å². The zero-order valence-electron chi connectivity index (χ0n) is 14.9. The molecule has 8 nitrogen and oxygen atoms in total. The maximum Gasteiger partial charge on any atom is 0.257 e. The first-order chi connectivity index (χ1) is 13.1. The lowest BCUT2D eigenvalue weighted by Crippen LogP contribution is -2.51. The van der Waals surface area contributed by atoms with Gasteiger partial charge in [0.05, 0.1) is 19.8 Å². The predicted octanol–water partition coefficient (Wildman–Crippen LogP) is 1.16. The van der Waals surface area contributed by atoms with Crippen molar-refractivity contribution in [3.63, 3.8) is 0 Å². The highest BCUT2D eigenvalue weighted by Gasteiger charge is 2.30. The molecule has 0 spiro atoms. The molecule has 0 radical (unpaired) electrons. The minimum atomic E-state index is -0.502. The summed E-state index contributed by atoms with van der Waals surface area (Å²) in [6, 6.07) is 9.60. The molecule has 142 valence electrons. The Bertz CT molecular complexity index is 809. The Balaban J connectivity index is 1.69. The Kier molecular flexibility index (Phi) is 5.87. The quantitative estimate of drug-likeness (QED) is 0.788. The van der Waals surface area contributed by atoms with Crippen molar-refractivity contribution in [3.05, 3.63) is 53.7 Å². The summed E-state index contributed by atoms with van der Waals surface area (Å²) < 4.78 is 16.6. The molecule has 2 heterocycles. The number of methoxy groups -OCH3 is 1. The molecule has 1 saturated heterocycles. The molecule has 3 N–H and O–H groups in total. The van der Waals surface area contributed by atoms with E-state index in [-0.39, 0.29) is 23.9 Å². The number of primary amides is 1. The molecule has 0 aliphatic carbocycles. The van der Waals surface area contributed by atoms with Crippen LogP contribution in [0.5, 0.6) is 11.6 Å². The molecule has 2 aromatic rings. The highest BCUT2D eigenvalue weighted by atomic mass is 16.5. The van der Waals surface area contributed by atoms with Gasteiger partial charge in [0.15, 0.2) is 0 Å². The molecule has 8 heteroatoms. The van der Waals surface area contributed by atoms with Crippen LogP contribution >= 0.6 is 0 Å². The summed E-state index contributed by atoms with van der Waals surface area (Å²) >= 11 is 0. The fraction of sp³-hybridized carbons (Fsp3) is 0.316. The van der Waals surface area contributed by atoms with Crippen molar-refractivity contribution in [2.45, 2.75) is 18.6 Å². The second-order valence-electron chi connectivity index (χ2n) is 6.05. The van der Waals surface area contributed by atoms with Gasteiger partial charge in [0, 0.05) is 18.4 Å². The Morgan fingerprint density at radius 3 is 2.74 bits per heavy atom. The van der Waals surface area contributed by atoms with Gasteiger partial charge in [-0.1, -0.05) is 0 Å². The third-order valence-electron chi connectivity index (χ3n) is 4.26. The number of carbonyl (C=O) groups excluding carboxylic acids is 2. The van der Waals surface area contributed by atoms with Crippen LogP contribution in [0, 0.1) is 0 Å². The minimum absolute atomic E-state index is 0.244. The predicted molar refractivity (Wildman–Crippen MR) is 96.9 cm³/mol. The van der Waals surface area contributed by atoms with Gasteiger partial charge in [0.25, 0.3) is 5.91 Å². The summed E-state index contributed by atoms with van der Waals surface area (Å²) in [7, 11) is 1.47. The largest absolute Gasteiger partial charge is 0.486 e. The standard InChI is InChI=1S/C19H21N3O5/c1-25-19-14(3-2-9-21-19)18(24)22-15-8-10-26-11-16(15)27-13-6-4-12(5-7-13)17(20)23/h2-7,9,15-16H,8,10-11H2,1H3,(H2,20,23)(H,22,24)/t15-,16-/m1/s1. The van der Waals surface area contributed by atoms with Crippen LogP contribution in [-0.2, 0) is 4.74 Å². The molecule has 1 aliphatic heterocycles. The zero-order chi connectivity index (χ0) is 19.2. The van der Waals surface area contributed by atoms with Gasteiger partial charge in [0.1, 0.15) is 17.4 Å². The number of nitrogens with two attached hydrogens (primary N) is 1. The number of benzene rings is 1. The number of nitrogens with one attached hydrogen (secondary N) is 1. The second kappa shape index (κ2) is 8.50. The lowest BCUT2D eigenvalue weighted by molar-refractivity contribution is -0.0135. The number of rotatable bonds is 6. The zero-order valence-corrected chi connectivity index (χ0v) is 14.9. The van der Waals surface area contributed by atoms with Crippen LogP contribution in [0.25, 0.3) is 0 Å². The normalized spacial score (nSPS) is 19.1. The van der Waals surface area contributed by atoms with E-state index < -0.39 is 5.91 Å². The van der Waals surface area contributed by atoms with Gasteiger partial charge >= 0.3 is 0 Å². The molecule has 0 unspecified atom stereocenters.